The third-order valence-corrected chi connectivity index (χ3v) is 6.39. The molecule has 2 aromatic rings. The first kappa shape index (κ1) is 20.5. The fourth-order valence-electron chi connectivity index (χ4n) is 3.76. The van der Waals surface area contributed by atoms with E-state index >= 15 is 0 Å². The predicted octanol–water partition coefficient (Wildman–Crippen LogP) is 3.57. The van der Waals surface area contributed by atoms with Crippen molar-refractivity contribution in [3.63, 3.8) is 0 Å². The van der Waals surface area contributed by atoms with Crippen LogP contribution in [-0.2, 0) is 21.1 Å². The standard InChI is InChI=1S/C22H26N4O3S/c1-29-17-9-7-16(8-10-17)26-20(18-13-30-14-19(18)25-26)24-22(28)21(27)23-12-11-15-5-3-2-4-6-15/h5,7-10H,2-4,6,11-14H2,1H3,(H,23,27)(H,24,28). The van der Waals surface area contributed by atoms with Crippen LogP contribution in [0.1, 0.15) is 43.4 Å². The molecule has 1 aromatic carbocycles. The summed E-state index contributed by atoms with van der Waals surface area (Å²) in [7, 11) is 1.61. The number of fused-ring (bicyclic) bond motifs is 1. The number of thioether (sulfide) groups is 1. The zero-order chi connectivity index (χ0) is 20.9. The van der Waals surface area contributed by atoms with Crippen molar-refractivity contribution >= 4 is 29.4 Å². The lowest BCUT2D eigenvalue weighted by atomic mass is 9.97. The minimum atomic E-state index is -0.665. The van der Waals surface area contributed by atoms with Gasteiger partial charge in [-0.25, -0.2) is 4.68 Å². The Morgan fingerprint density at radius 1 is 1.17 bits per heavy atom. The molecule has 2 aliphatic rings. The summed E-state index contributed by atoms with van der Waals surface area (Å²) in [6.45, 7) is 0.476. The van der Waals surface area contributed by atoms with Crippen molar-refractivity contribution in [2.24, 2.45) is 0 Å². The van der Waals surface area contributed by atoms with Gasteiger partial charge >= 0.3 is 11.8 Å². The highest BCUT2D eigenvalue weighted by Gasteiger charge is 2.26. The molecule has 1 aliphatic carbocycles. The van der Waals surface area contributed by atoms with E-state index in [2.05, 4.69) is 21.8 Å². The van der Waals surface area contributed by atoms with Gasteiger partial charge in [0.1, 0.15) is 11.6 Å². The van der Waals surface area contributed by atoms with Crippen LogP contribution < -0.4 is 15.4 Å². The lowest BCUT2D eigenvalue weighted by Gasteiger charge is -2.13. The zero-order valence-corrected chi connectivity index (χ0v) is 17.9. The number of methoxy groups -OCH3 is 1. The highest BCUT2D eigenvalue weighted by Crippen LogP contribution is 2.36. The molecule has 0 atom stereocenters. The van der Waals surface area contributed by atoms with E-state index in [0.717, 1.165) is 53.5 Å². The number of hydrogen-bond acceptors (Lipinski definition) is 5. The highest BCUT2D eigenvalue weighted by molar-refractivity contribution is 7.98. The summed E-state index contributed by atoms with van der Waals surface area (Å²) >= 11 is 1.74. The number of nitrogens with one attached hydrogen (secondary N) is 2. The fourth-order valence-corrected chi connectivity index (χ4v) is 4.80. The number of allylic oxidation sites excluding steroid dienone is 1. The van der Waals surface area contributed by atoms with Gasteiger partial charge in [0.2, 0.25) is 0 Å². The minimum absolute atomic E-state index is 0.476. The Bertz CT molecular complexity index is 966. The van der Waals surface area contributed by atoms with Gasteiger partial charge in [-0.3, -0.25) is 9.59 Å². The van der Waals surface area contributed by atoms with Gasteiger partial charge in [-0.05, 0) is 56.4 Å². The fraction of sp³-hybridized carbons (Fsp3) is 0.409. The van der Waals surface area contributed by atoms with Crippen molar-refractivity contribution in [3.05, 3.63) is 47.2 Å². The van der Waals surface area contributed by atoms with E-state index in [0.29, 0.717) is 12.4 Å². The van der Waals surface area contributed by atoms with Crippen molar-refractivity contribution in [2.45, 2.75) is 43.6 Å². The second-order valence-electron chi connectivity index (χ2n) is 7.44. The number of amides is 2. The first-order chi connectivity index (χ1) is 14.7. The molecule has 2 N–H and O–H groups in total. The van der Waals surface area contributed by atoms with E-state index in [1.807, 2.05) is 24.3 Å². The molecular weight excluding hydrogens is 400 g/mol. The largest absolute Gasteiger partial charge is 0.497 e. The molecule has 7 nitrogen and oxygen atoms in total. The third-order valence-electron chi connectivity index (χ3n) is 5.42. The number of hydrogen-bond donors (Lipinski definition) is 2. The number of ether oxygens (including phenoxy) is 1. The van der Waals surface area contributed by atoms with Gasteiger partial charge in [-0.2, -0.15) is 16.9 Å². The molecule has 1 aliphatic heterocycles. The average molecular weight is 427 g/mol. The maximum Gasteiger partial charge on any atom is 0.314 e. The SMILES string of the molecule is COc1ccc(-n2nc3c(c2NC(=O)C(=O)NCCC2=CCCCC2)CSC3)cc1. The summed E-state index contributed by atoms with van der Waals surface area (Å²) in [5.41, 5.74) is 4.09. The Hall–Kier alpha value is -2.74. The van der Waals surface area contributed by atoms with E-state index in [4.69, 9.17) is 4.74 Å². The van der Waals surface area contributed by atoms with Crippen LogP contribution in [0.5, 0.6) is 5.75 Å². The molecule has 2 heterocycles. The van der Waals surface area contributed by atoms with Crippen LogP contribution in [0.2, 0.25) is 0 Å². The first-order valence-corrected chi connectivity index (χ1v) is 11.4. The summed E-state index contributed by atoms with van der Waals surface area (Å²) < 4.78 is 6.91. The van der Waals surface area contributed by atoms with Crippen LogP contribution >= 0.6 is 11.8 Å². The summed E-state index contributed by atoms with van der Waals surface area (Å²) in [6, 6.07) is 7.44. The topological polar surface area (TPSA) is 85.2 Å². The number of benzene rings is 1. The molecule has 30 heavy (non-hydrogen) atoms. The monoisotopic (exact) mass is 426 g/mol. The lowest BCUT2D eigenvalue weighted by molar-refractivity contribution is -0.136. The molecule has 0 saturated carbocycles. The normalized spacial score (nSPS) is 15.3. The van der Waals surface area contributed by atoms with Crippen LogP contribution in [0.15, 0.2) is 35.9 Å². The van der Waals surface area contributed by atoms with Crippen molar-refractivity contribution in [2.75, 3.05) is 19.0 Å². The number of carbonyl (C=O) groups is 2. The maximum atomic E-state index is 12.6. The molecule has 2 amide bonds. The number of rotatable bonds is 6. The molecule has 0 fully saturated rings. The van der Waals surface area contributed by atoms with Crippen LogP contribution in [0, 0.1) is 0 Å². The number of anilines is 1. The molecule has 0 radical (unpaired) electrons. The van der Waals surface area contributed by atoms with E-state index in [-0.39, 0.29) is 0 Å². The highest BCUT2D eigenvalue weighted by atomic mass is 32.2. The molecular formula is C22H26N4O3S. The molecule has 0 unspecified atom stereocenters. The van der Waals surface area contributed by atoms with E-state index in [1.54, 1.807) is 23.6 Å². The first-order valence-electron chi connectivity index (χ1n) is 10.3. The Balaban J connectivity index is 1.44. The molecule has 0 bridgehead atoms. The Labute approximate surface area is 180 Å². The third kappa shape index (κ3) is 4.53. The molecule has 1 aromatic heterocycles. The number of carbonyl (C=O) groups excluding carboxylic acids is 2. The minimum Gasteiger partial charge on any atom is -0.497 e. The van der Waals surface area contributed by atoms with Gasteiger partial charge in [0, 0.05) is 23.6 Å². The Kier molecular flexibility index (Phi) is 6.42. The molecule has 8 heteroatoms. The van der Waals surface area contributed by atoms with E-state index in [1.165, 1.54) is 18.4 Å². The van der Waals surface area contributed by atoms with Crippen molar-refractivity contribution in [3.8, 4) is 11.4 Å². The van der Waals surface area contributed by atoms with Gasteiger partial charge in [0.05, 0.1) is 18.5 Å². The second-order valence-corrected chi connectivity index (χ2v) is 8.43. The summed E-state index contributed by atoms with van der Waals surface area (Å²) in [6.07, 6.45) is 7.70. The van der Waals surface area contributed by atoms with E-state index in [9.17, 15) is 9.59 Å². The van der Waals surface area contributed by atoms with Crippen LogP contribution in [0.25, 0.3) is 5.69 Å². The number of aromatic nitrogens is 2. The quantitative estimate of drug-likeness (QED) is 0.545. The van der Waals surface area contributed by atoms with Gasteiger partial charge in [0.15, 0.2) is 0 Å². The summed E-state index contributed by atoms with van der Waals surface area (Å²) in [5, 5.41) is 10.2. The van der Waals surface area contributed by atoms with Gasteiger partial charge < -0.3 is 15.4 Å². The maximum absolute atomic E-state index is 12.6. The van der Waals surface area contributed by atoms with Gasteiger partial charge in [-0.15, -0.1) is 0 Å². The lowest BCUT2D eigenvalue weighted by Crippen LogP contribution is -2.36. The van der Waals surface area contributed by atoms with Crippen molar-refractivity contribution in [1.29, 1.82) is 0 Å². The molecule has 0 saturated heterocycles. The smallest absolute Gasteiger partial charge is 0.314 e. The van der Waals surface area contributed by atoms with Gasteiger partial charge in [0.25, 0.3) is 0 Å². The summed E-state index contributed by atoms with van der Waals surface area (Å²) in [4.78, 5) is 24.9. The van der Waals surface area contributed by atoms with Crippen LogP contribution in [-0.4, -0.2) is 35.2 Å². The molecule has 158 valence electrons. The zero-order valence-electron chi connectivity index (χ0n) is 17.1. The van der Waals surface area contributed by atoms with Gasteiger partial charge in [-0.1, -0.05) is 11.6 Å². The average Bonchev–Trinajstić information content (AvgIpc) is 3.37. The predicted molar refractivity (Wildman–Crippen MR) is 118 cm³/mol. The van der Waals surface area contributed by atoms with Crippen molar-refractivity contribution in [1.82, 2.24) is 15.1 Å². The summed E-state index contributed by atoms with van der Waals surface area (Å²) in [5.74, 6) is 1.58. The van der Waals surface area contributed by atoms with Crippen LogP contribution in [0.3, 0.4) is 0 Å². The van der Waals surface area contributed by atoms with Crippen LogP contribution in [0.4, 0.5) is 5.82 Å². The van der Waals surface area contributed by atoms with E-state index < -0.39 is 11.8 Å². The molecule has 4 rings (SSSR count). The van der Waals surface area contributed by atoms with Crippen molar-refractivity contribution < 1.29 is 14.3 Å². The second kappa shape index (κ2) is 9.38. The number of nitrogens with zero attached hydrogens (tertiary/aromatic N) is 2. The molecule has 0 spiro atoms. The Morgan fingerprint density at radius 2 is 2.00 bits per heavy atom. The Morgan fingerprint density at radius 3 is 2.73 bits per heavy atom.